The van der Waals surface area contributed by atoms with Gasteiger partial charge in [0.1, 0.15) is 11.4 Å². The molecule has 100 valence electrons. The lowest BCUT2D eigenvalue weighted by atomic mass is 10.3. The Bertz CT molecular complexity index is 412. The molecule has 0 bridgehead atoms. The van der Waals surface area contributed by atoms with E-state index >= 15 is 0 Å². The molecule has 0 aliphatic heterocycles. The molecule has 18 heavy (non-hydrogen) atoms. The molecule has 0 saturated heterocycles. The van der Waals surface area contributed by atoms with Crippen LogP contribution in [0.2, 0.25) is 0 Å². The number of anilines is 1. The van der Waals surface area contributed by atoms with Gasteiger partial charge in [-0.1, -0.05) is 11.8 Å². The van der Waals surface area contributed by atoms with E-state index in [9.17, 15) is 4.79 Å². The number of ether oxygens (including phenoxy) is 1. The molecule has 2 N–H and O–H groups in total. The molecule has 0 aliphatic carbocycles. The van der Waals surface area contributed by atoms with Crippen LogP contribution in [0.5, 0.6) is 0 Å². The van der Waals surface area contributed by atoms with E-state index < -0.39 is 5.97 Å². The number of nitrogens with two attached hydrogens (primary N) is 1. The summed E-state index contributed by atoms with van der Waals surface area (Å²) < 4.78 is 4.85. The zero-order valence-corrected chi connectivity index (χ0v) is 11.7. The van der Waals surface area contributed by atoms with Crippen molar-refractivity contribution in [3.63, 3.8) is 0 Å². The molecule has 0 radical (unpaired) electrons. The lowest BCUT2D eigenvalue weighted by molar-refractivity contribution is 0.0526. The van der Waals surface area contributed by atoms with E-state index in [0.717, 1.165) is 12.3 Å². The summed E-state index contributed by atoms with van der Waals surface area (Å²) >= 11 is 1.50. The van der Waals surface area contributed by atoms with Crippen molar-refractivity contribution in [1.82, 2.24) is 14.9 Å². The number of esters is 1. The summed E-state index contributed by atoms with van der Waals surface area (Å²) in [5, 5.41) is 0.572. The van der Waals surface area contributed by atoms with Crippen molar-refractivity contribution >= 4 is 23.5 Å². The molecule has 0 amide bonds. The number of nitrogen functional groups attached to an aromatic ring is 1. The van der Waals surface area contributed by atoms with Gasteiger partial charge in [0.2, 0.25) is 0 Å². The predicted octanol–water partition coefficient (Wildman–Crippen LogP) is 0.889. The highest BCUT2D eigenvalue weighted by Crippen LogP contribution is 2.16. The fourth-order valence-electron chi connectivity index (χ4n) is 1.13. The largest absolute Gasteiger partial charge is 0.462 e. The van der Waals surface area contributed by atoms with Gasteiger partial charge in [-0.15, -0.1) is 0 Å². The Kier molecular flexibility index (Phi) is 5.87. The van der Waals surface area contributed by atoms with Crippen LogP contribution in [0.3, 0.4) is 0 Å². The number of rotatable bonds is 6. The van der Waals surface area contributed by atoms with Crippen LogP contribution >= 0.6 is 11.8 Å². The van der Waals surface area contributed by atoms with E-state index in [2.05, 4.69) is 14.9 Å². The van der Waals surface area contributed by atoms with Gasteiger partial charge in [0.25, 0.3) is 0 Å². The smallest absolute Gasteiger partial charge is 0.343 e. The van der Waals surface area contributed by atoms with Crippen LogP contribution in [0.4, 0.5) is 5.82 Å². The standard InChI is InChI=1S/C11H18N4O2S/c1-4-17-10(16)8-7-13-11(14-9(8)12)18-6-5-15(2)3/h7H,4-6H2,1-3H3,(H2,12,13,14). The maximum Gasteiger partial charge on any atom is 0.343 e. The first kappa shape index (κ1) is 14.7. The molecule has 0 aromatic carbocycles. The van der Waals surface area contributed by atoms with Gasteiger partial charge in [0.15, 0.2) is 5.16 Å². The topological polar surface area (TPSA) is 81.3 Å². The number of aromatic nitrogens is 2. The van der Waals surface area contributed by atoms with Crippen LogP contribution in [0, 0.1) is 0 Å². The van der Waals surface area contributed by atoms with Crippen LogP contribution in [0.25, 0.3) is 0 Å². The number of carbonyl (C=O) groups excluding carboxylic acids is 1. The molecule has 7 heteroatoms. The van der Waals surface area contributed by atoms with Gasteiger partial charge in [0.05, 0.1) is 6.61 Å². The average Bonchev–Trinajstić information content (AvgIpc) is 2.28. The molecular weight excluding hydrogens is 252 g/mol. The van der Waals surface area contributed by atoms with E-state index in [4.69, 9.17) is 10.5 Å². The molecule has 1 aromatic rings. The van der Waals surface area contributed by atoms with Crippen LogP contribution in [0.15, 0.2) is 11.4 Å². The lowest BCUT2D eigenvalue weighted by Crippen LogP contribution is -2.15. The van der Waals surface area contributed by atoms with Crippen LogP contribution < -0.4 is 5.73 Å². The molecule has 0 atom stereocenters. The summed E-state index contributed by atoms with van der Waals surface area (Å²) in [6.45, 7) is 2.96. The zero-order chi connectivity index (χ0) is 13.5. The zero-order valence-electron chi connectivity index (χ0n) is 10.8. The van der Waals surface area contributed by atoms with Gasteiger partial charge in [-0.05, 0) is 21.0 Å². The monoisotopic (exact) mass is 270 g/mol. The van der Waals surface area contributed by atoms with Crippen molar-refractivity contribution in [3.05, 3.63) is 11.8 Å². The Morgan fingerprint density at radius 3 is 2.83 bits per heavy atom. The SMILES string of the molecule is CCOC(=O)c1cnc(SCCN(C)C)nc1N. The first-order chi connectivity index (χ1) is 8.54. The highest BCUT2D eigenvalue weighted by Gasteiger charge is 2.13. The molecular formula is C11H18N4O2S. The molecule has 0 saturated carbocycles. The first-order valence-corrected chi connectivity index (χ1v) is 6.60. The molecule has 0 unspecified atom stereocenters. The van der Waals surface area contributed by atoms with Crippen molar-refractivity contribution in [1.29, 1.82) is 0 Å². The number of nitrogens with zero attached hydrogens (tertiary/aromatic N) is 3. The second-order valence-corrected chi connectivity index (χ2v) is 4.89. The summed E-state index contributed by atoms with van der Waals surface area (Å²) in [5.41, 5.74) is 5.92. The second-order valence-electron chi connectivity index (χ2n) is 3.82. The molecule has 0 fully saturated rings. The molecule has 6 nitrogen and oxygen atoms in total. The van der Waals surface area contributed by atoms with E-state index in [0.29, 0.717) is 11.8 Å². The highest BCUT2D eigenvalue weighted by atomic mass is 32.2. The quantitative estimate of drug-likeness (QED) is 0.467. The minimum Gasteiger partial charge on any atom is -0.462 e. The van der Waals surface area contributed by atoms with Gasteiger partial charge in [-0.25, -0.2) is 14.8 Å². The van der Waals surface area contributed by atoms with Crippen molar-refractivity contribution in [2.75, 3.05) is 38.7 Å². The van der Waals surface area contributed by atoms with Gasteiger partial charge in [-0.2, -0.15) is 0 Å². The molecule has 0 aliphatic rings. The normalized spacial score (nSPS) is 10.7. The van der Waals surface area contributed by atoms with Crippen molar-refractivity contribution in [3.8, 4) is 0 Å². The van der Waals surface area contributed by atoms with Gasteiger partial charge < -0.3 is 15.4 Å². The Labute approximate surface area is 111 Å². The summed E-state index contributed by atoms with van der Waals surface area (Å²) in [4.78, 5) is 21.7. The van der Waals surface area contributed by atoms with Crippen LogP contribution in [0.1, 0.15) is 17.3 Å². The fraction of sp³-hybridized carbons (Fsp3) is 0.545. The van der Waals surface area contributed by atoms with E-state index in [1.807, 2.05) is 14.1 Å². The maximum atomic E-state index is 11.5. The number of hydrogen-bond acceptors (Lipinski definition) is 7. The van der Waals surface area contributed by atoms with Crippen molar-refractivity contribution in [2.24, 2.45) is 0 Å². The van der Waals surface area contributed by atoms with Crippen LogP contribution in [-0.4, -0.2) is 53.8 Å². The van der Waals surface area contributed by atoms with Crippen molar-refractivity contribution in [2.45, 2.75) is 12.1 Å². The van der Waals surface area contributed by atoms with Crippen LogP contribution in [-0.2, 0) is 4.74 Å². The van der Waals surface area contributed by atoms with E-state index in [1.54, 1.807) is 6.92 Å². The Balaban J connectivity index is 2.64. The van der Waals surface area contributed by atoms with E-state index in [-0.39, 0.29) is 11.4 Å². The molecule has 1 rings (SSSR count). The number of carbonyl (C=O) groups is 1. The minimum atomic E-state index is -0.486. The van der Waals surface area contributed by atoms with Gasteiger partial charge in [0, 0.05) is 18.5 Å². The highest BCUT2D eigenvalue weighted by molar-refractivity contribution is 7.99. The Hall–Kier alpha value is -1.34. The number of thioether (sulfide) groups is 1. The lowest BCUT2D eigenvalue weighted by Gasteiger charge is -2.08. The second kappa shape index (κ2) is 7.17. The molecule has 0 spiro atoms. The van der Waals surface area contributed by atoms with Gasteiger partial charge in [-0.3, -0.25) is 0 Å². The summed E-state index contributed by atoms with van der Waals surface area (Å²) in [7, 11) is 4.00. The summed E-state index contributed by atoms with van der Waals surface area (Å²) in [5.74, 6) is 0.543. The third-order valence-corrected chi connectivity index (χ3v) is 2.90. The summed E-state index contributed by atoms with van der Waals surface area (Å²) in [6.07, 6.45) is 1.42. The molecule has 1 heterocycles. The van der Waals surface area contributed by atoms with Crippen molar-refractivity contribution < 1.29 is 9.53 Å². The predicted molar refractivity (Wildman–Crippen MR) is 71.7 cm³/mol. The molecule has 1 aromatic heterocycles. The third-order valence-electron chi connectivity index (χ3n) is 2.06. The summed E-state index contributed by atoms with van der Waals surface area (Å²) in [6, 6.07) is 0. The first-order valence-electron chi connectivity index (χ1n) is 5.61. The average molecular weight is 270 g/mol. The van der Waals surface area contributed by atoms with E-state index in [1.165, 1.54) is 18.0 Å². The Morgan fingerprint density at radius 1 is 1.56 bits per heavy atom. The maximum absolute atomic E-state index is 11.5. The third kappa shape index (κ3) is 4.50. The minimum absolute atomic E-state index is 0.163. The Morgan fingerprint density at radius 2 is 2.28 bits per heavy atom. The fourth-order valence-corrected chi connectivity index (χ4v) is 2.06. The van der Waals surface area contributed by atoms with Gasteiger partial charge >= 0.3 is 5.97 Å². The number of hydrogen-bond donors (Lipinski definition) is 1.